The topological polar surface area (TPSA) is 106 Å². The zero-order valence-electron chi connectivity index (χ0n) is 20.3. The van der Waals surface area contributed by atoms with Gasteiger partial charge in [0, 0.05) is 49.2 Å². The van der Waals surface area contributed by atoms with Crippen molar-refractivity contribution in [2.45, 2.75) is 20.8 Å². The maximum Gasteiger partial charge on any atom is 0.248 e. The predicted molar refractivity (Wildman–Crippen MR) is 134 cm³/mol. The Labute approximate surface area is 198 Å². The van der Waals surface area contributed by atoms with E-state index in [1.54, 1.807) is 17.1 Å². The molecule has 4 aromatic rings. The fourth-order valence-corrected chi connectivity index (χ4v) is 3.63. The van der Waals surface area contributed by atoms with Crippen molar-refractivity contribution in [1.29, 1.82) is 0 Å². The Morgan fingerprint density at radius 1 is 1.12 bits per heavy atom. The van der Waals surface area contributed by atoms with Crippen LogP contribution in [-0.2, 0) is 11.8 Å². The van der Waals surface area contributed by atoms with Gasteiger partial charge in [-0.25, -0.2) is 9.97 Å². The van der Waals surface area contributed by atoms with Crippen LogP contribution in [0.25, 0.3) is 16.9 Å². The molecule has 0 spiro atoms. The second-order valence-electron chi connectivity index (χ2n) is 8.56. The molecule has 0 aliphatic carbocycles. The Balaban J connectivity index is 1.63. The predicted octanol–water partition coefficient (Wildman–Crippen LogP) is 3.27. The van der Waals surface area contributed by atoms with Gasteiger partial charge in [-0.15, -0.1) is 0 Å². The van der Waals surface area contributed by atoms with E-state index >= 15 is 0 Å². The number of aryl methyl sites for hydroxylation is 4. The van der Waals surface area contributed by atoms with E-state index in [0.29, 0.717) is 18.2 Å². The van der Waals surface area contributed by atoms with Crippen LogP contribution in [0.1, 0.15) is 16.8 Å². The highest BCUT2D eigenvalue weighted by molar-refractivity contribution is 6.00. The van der Waals surface area contributed by atoms with Gasteiger partial charge in [0.15, 0.2) is 0 Å². The minimum atomic E-state index is -0.187. The smallest absolute Gasteiger partial charge is 0.248 e. The lowest BCUT2D eigenvalue weighted by molar-refractivity contribution is -0.111. The van der Waals surface area contributed by atoms with E-state index in [1.807, 2.05) is 75.9 Å². The highest BCUT2D eigenvalue weighted by atomic mass is 16.1. The first-order valence-electron chi connectivity index (χ1n) is 10.9. The number of hydrogen-bond donors (Lipinski definition) is 2. The van der Waals surface area contributed by atoms with Crippen LogP contribution in [-0.4, -0.2) is 60.7 Å². The molecule has 4 rings (SSSR count). The number of nitrogens with zero attached hydrogens (tertiary/aromatic N) is 7. The van der Waals surface area contributed by atoms with Crippen molar-refractivity contribution in [3.8, 4) is 5.82 Å². The lowest BCUT2D eigenvalue weighted by Gasteiger charge is -2.10. The molecule has 4 heterocycles. The van der Waals surface area contributed by atoms with Crippen molar-refractivity contribution in [2.75, 3.05) is 31.3 Å². The lowest BCUT2D eigenvalue weighted by atomic mass is 10.2. The molecule has 0 aliphatic rings. The van der Waals surface area contributed by atoms with Crippen LogP contribution in [0.5, 0.6) is 0 Å². The molecule has 2 N–H and O–H groups in total. The summed E-state index contributed by atoms with van der Waals surface area (Å²) in [6.45, 7) is 6.60. The second kappa shape index (κ2) is 9.44. The Hall–Kier alpha value is -4.05. The highest BCUT2D eigenvalue weighted by Crippen LogP contribution is 2.27. The van der Waals surface area contributed by atoms with E-state index in [-0.39, 0.29) is 5.91 Å². The zero-order valence-corrected chi connectivity index (χ0v) is 20.3. The van der Waals surface area contributed by atoms with Gasteiger partial charge < -0.3 is 15.5 Å². The third-order valence-corrected chi connectivity index (χ3v) is 5.28. The van der Waals surface area contributed by atoms with E-state index in [2.05, 4.69) is 25.7 Å². The number of carbonyl (C=O) groups is 1. The molecule has 0 unspecified atom stereocenters. The quantitative estimate of drug-likeness (QED) is 0.409. The summed E-state index contributed by atoms with van der Waals surface area (Å²) in [6, 6.07) is 1.93. The Bertz CT molecular complexity index is 1380. The summed E-state index contributed by atoms with van der Waals surface area (Å²) in [5.74, 6) is 1.02. The average molecular weight is 460 g/mol. The zero-order chi connectivity index (χ0) is 24.4. The molecule has 10 heteroatoms. The first-order valence-corrected chi connectivity index (χ1v) is 10.9. The first-order chi connectivity index (χ1) is 16.2. The van der Waals surface area contributed by atoms with E-state index in [0.717, 1.165) is 39.4 Å². The molecule has 0 radical (unpaired) electrons. The van der Waals surface area contributed by atoms with E-state index in [1.165, 1.54) is 6.08 Å². The molecular formula is C24H29N9O. The monoisotopic (exact) mass is 459 g/mol. The van der Waals surface area contributed by atoms with Gasteiger partial charge in [0.2, 0.25) is 11.9 Å². The number of pyridine rings is 1. The molecule has 34 heavy (non-hydrogen) atoms. The standard InChI is InChI=1S/C24H29N9O/c1-15-11-26-24(28-20-14-32(6)30-17(20)3)29-22(15)33-13-16(2)19-10-18(12-25-23(19)33)27-21(34)8-7-9-31(4)5/h7-8,10-14H,9H2,1-6H3,(H,27,34)(H,26,28,29)/b8-7+. The molecule has 0 aromatic carbocycles. The summed E-state index contributed by atoms with van der Waals surface area (Å²) in [7, 11) is 5.77. The van der Waals surface area contributed by atoms with Gasteiger partial charge in [-0.3, -0.25) is 14.0 Å². The fourth-order valence-electron chi connectivity index (χ4n) is 3.63. The molecule has 0 aliphatic heterocycles. The van der Waals surface area contributed by atoms with Gasteiger partial charge in [-0.05, 0) is 46.5 Å². The van der Waals surface area contributed by atoms with Crippen molar-refractivity contribution in [2.24, 2.45) is 7.05 Å². The Morgan fingerprint density at radius 2 is 1.91 bits per heavy atom. The van der Waals surface area contributed by atoms with E-state index < -0.39 is 0 Å². The summed E-state index contributed by atoms with van der Waals surface area (Å²) < 4.78 is 3.69. The Kier molecular flexibility index (Phi) is 6.42. The number of amides is 1. The van der Waals surface area contributed by atoms with Gasteiger partial charge >= 0.3 is 0 Å². The summed E-state index contributed by atoms with van der Waals surface area (Å²) >= 11 is 0. The van der Waals surface area contributed by atoms with Crippen LogP contribution in [0.3, 0.4) is 0 Å². The largest absolute Gasteiger partial charge is 0.321 e. The molecule has 4 aromatic heterocycles. The fraction of sp³-hybridized carbons (Fsp3) is 0.292. The second-order valence-corrected chi connectivity index (χ2v) is 8.56. The van der Waals surface area contributed by atoms with Crippen molar-refractivity contribution in [3.63, 3.8) is 0 Å². The van der Waals surface area contributed by atoms with Crippen LogP contribution >= 0.6 is 0 Å². The normalized spacial score (nSPS) is 11.6. The van der Waals surface area contributed by atoms with Crippen LogP contribution in [0.2, 0.25) is 0 Å². The minimum Gasteiger partial charge on any atom is -0.321 e. The number of anilines is 3. The molecular weight excluding hydrogens is 430 g/mol. The lowest BCUT2D eigenvalue weighted by Crippen LogP contribution is -2.13. The van der Waals surface area contributed by atoms with Crippen LogP contribution in [0.4, 0.5) is 17.3 Å². The summed E-state index contributed by atoms with van der Waals surface area (Å²) in [5.41, 5.74) is 5.05. The molecule has 0 fully saturated rings. The maximum atomic E-state index is 12.2. The average Bonchev–Trinajstić information content (AvgIpc) is 3.26. The minimum absolute atomic E-state index is 0.187. The third kappa shape index (κ3) is 4.96. The number of nitrogens with one attached hydrogen (secondary N) is 2. The third-order valence-electron chi connectivity index (χ3n) is 5.28. The highest BCUT2D eigenvalue weighted by Gasteiger charge is 2.15. The van der Waals surface area contributed by atoms with Crippen molar-refractivity contribution >= 4 is 34.3 Å². The first kappa shape index (κ1) is 23.1. The van der Waals surface area contributed by atoms with Gasteiger partial charge in [0.1, 0.15) is 11.5 Å². The van der Waals surface area contributed by atoms with Gasteiger partial charge in [-0.2, -0.15) is 10.1 Å². The molecule has 1 amide bonds. The molecule has 176 valence electrons. The number of hydrogen-bond acceptors (Lipinski definition) is 7. The van der Waals surface area contributed by atoms with Gasteiger partial charge in [0.25, 0.3) is 0 Å². The number of likely N-dealkylation sites (N-methyl/N-ethyl adjacent to an activating group) is 1. The summed E-state index contributed by atoms with van der Waals surface area (Å²) in [4.78, 5) is 28.0. The number of aromatic nitrogens is 6. The van der Waals surface area contributed by atoms with Gasteiger partial charge in [0.05, 0.1) is 23.3 Å². The van der Waals surface area contributed by atoms with Gasteiger partial charge in [-0.1, -0.05) is 6.08 Å². The van der Waals surface area contributed by atoms with Crippen LogP contribution < -0.4 is 10.6 Å². The molecule has 0 saturated carbocycles. The van der Waals surface area contributed by atoms with E-state index in [9.17, 15) is 4.79 Å². The maximum absolute atomic E-state index is 12.2. The summed E-state index contributed by atoms with van der Waals surface area (Å²) in [5, 5.41) is 11.4. The Morgan fingerprint density at radius 3 is 2.62 bits per heavy atom. The number of carbonyl (C=O) groups excluding carboxylic acids is 1. The molecule has 10 nitrogen and oxygen atoms in total. The number of fused-ring (bicyclic) bond motifs is 1. The van der Waals surface area contributed by atoms with Crippen molar-refractivity contribution in [1.82, 2.24) is 34.2 Å². The number of rotatable bonds is 7. The van der Waals surface area contributed by atoms with Crippen LogP contribution in [0.15, 0.2) is 43.0 Å². The molecule has 0 atom stereocenters. The SMILES string of the molecule is Cc1cnc(Nc2cn(C)nc2C)nc1-n1cc(C)c2cc(NC(=O)/C=C/CN(C)C)cnc21. The molecule has 0 bridgehead atoms. The molecule has 0 saturated heterocycles. The van der Waals surface area contributed by atoms with Crippen LogP contribution in [0, 0.1) is 20.8 Å². The summed E-state index contributed by atoms with van der Waals surface area (Å²) in [6.07, 6.45) is 10.7. The van der Waals surface area contributed by atoms with Crippen molar-refractivity contribution in [3.05, 3.63) is 59.8 Å². The van der Waals surface area contributed by atoms with Crippen molar-refractivity contribution < 1.29 is 4.79 Å². The van der Waals surface area contributed by atoms with E-state index in [4.69, 9.17) is 4.98 Å².